The fourth-order valence-corrected chi connectivity index (χ4v) is 1.40. The standard InChI is InChI=1S/C12H20N2O6/c1-14(8-2-3-11(17)18)10(16)5-4-9(15)13-7-6-12(19)20/h2-8H2,1H3,(H,13,15)(H,17,18)(H,19,20). The first kappa shape index (κ1) is 17.9. The molecule has 0 fully saturated rings. The third kappa shape index (κ3) is 9.86. The van der Waals surface area contributed by atoms with Crippen LogP contribution in [0.3, 0.4) is 0 Å². The van der Waals surface area contributed by atoms with Gasteiger partial charge >= 0.3 is 11.9 Å². The van der Waals surface area contributed by atoms with Crippen molar-refractivity contribution in [2.75, 3.05) is 20.1 Å². The minimum Gasteiger partial charge on any atom is -0.481 e. The molecule has 0 aliphatic carbocycles. The highest BCUT2D eigenvalue weighted by molar-refractivity contribution is 5.83. The summed E-state index contributed by atoms with van der Waals surface area (Å²) in [5.41, 5.74) is 0. The second-order valence-corrected chi connectivity index (χ2v) is 4.31. The van der Waals surface area contributed by atoms with Gasteiger partial charge in [-0.3, -0.25) is 19.2 Å². The maximum atomic E-state index is 11.6. The molecule has 0 spiro atoms. The van der Waals surface area contributed by atoms with Gasteiger partial charge < -0.3 is 20.4 Å². The van der Waals surface area contributed by atoms with Crippen molar-refractivity contribution in [3.05, 3.63) is 0 Å². The molecule has 0 unspecified atom stereocenters. The topological polar surface area (TPSA) is 124 Å². The number of hydrogen-bond acceptors (Lipinski definition) is 4. The zero-order valence-electron chi connectivity index (χ0n) is 11.4. The zero-order valence-corrected chi connectivity index (χ0v) is 11.4. The molecule has 0 saturated heterocycles. The van der Waals surface area contributed by atoms with Gasteiger partial charge in [0.05, 0.1) is 6.42 Å². The molecule has 0 radical (unpaired) electrons. The molecule has 8 nitrogen and oxygen atoms in total. The third-order valence-electron chi connectivity index (χ3n) is 2.54. The van der Waals surface area contributed by atoms with E-state index in [1.807, 2.05) is 0 Å². The summed E-state index contributed by atoms with van der Waals surface area (Å²) in [7, 11) is 1.55. The lowest BCUT2D eigenvalue weighted by atomic mass is 10.2. The lowest BCUT2D eigenvalue weighted by Gasteiger charge is -2.16. The molecule has 0 bridgehead atoms. The predicted molar refractivity (Wildman–Crippen MR) is 69.0 cm³/mol. The molecule has 0 aliphatic heterocycles. The summed E-state index contributed by atoms with van der Waals surface area (Å²) >= 11 is 0. The number of amides is 2. The number of carbonyl (C=O) groups excluding carboxylic acids is 2. The van der Waals surface area contributed by atoms with Gasteiger partial charge in [0, 0.05) is 39.4 Å². The van der Waals surface area contributed by atoms with Gasteiger partial charge in [-0.2, -0.15) is 0 Å². The normalized spacial score (nSPS) is 9.85. The Labute approximate surface area is 116 Å². The van der Waals surface area contributed by atoms with Crippen molar-refractivity contribution in [1.29, 1.82) is 0 Å². The molecule has 0 aromatic rings. The third-order valence-corrected chi connectivity index (χ3v) is 2.54. The predicted octanol–water partition coefficient (Wildman–Crippen LogP) is -0.319. The first-order valence-corrected chi connectivity index (χ1v) is 6.27. The molecule has 114 valence electrons. The molecule has 2 amide bonds. The maximum Gasteiger partial charge on any atom is 0.305 e. The van der Waals surface area contributed by atoms with Crippen LogP contribution in [0.2, 0.25) is 0 Å². The first-order valence-electron chi connectivity index (χ1n) is 6.27. The minimum atomic E-state index is -1.00. The Morgan fingerprint density at radius 1 is 0.950 bits per heavy atom. The molecule has 20 heavy (non-hydrogen) atoms. The highest BCUT2D eigenvalue weighted by atomic mass is 16.4. The van der Waals surface area contributed by atoms with E-state index in [9.17, 15) is 19.2 Å². The van der Waals surface area contributed by atoms with Crippen LogP contribution >= 0.6 is 0 Å². The number of carboxylic acids is 2. The van der Waals surface area contributed by atoms with Crippen LogP contribution in [0.1, 0.15) is 32.1 Å². The number of nitrogens with one attached hydrogen (secondary N) is 1. The molecule has 0 atom stereocenters. The summed E-state index contributed by atoms with van der Waals surface area (Å²) in [4.78, 5) is 44.8. The monoisotopic (exact) mass is 288 g/mol. The van der Waals surface area contributed by atoms with Crippen molar-refractivity contribution in [3.63, 3.8) is 0 Å². The lowest BCUT2D eigenvalue weighted by molar-refractivity contribution is -0.138. The van der Waals surface area contributed by atoms with Crippen molar-refractivity contribution >= 4 is 23.8 Å². The van der Waals surface area contributed by atoms with Gasteiger partial charge in [0.15, 0.2) is 0 Å². The van der Waals surface area contributed by atoms with Crippen molar-refractivity contribution in [2.45, 2.75) is 32.1 Å². The first-order chi connectivity index (χ1) is 9.32. The average molecular weight is 288 g/mol. The second kappa shape index (κ2) is 9.76. The Hall–Kier alpha value is -2.12. The Kier molecular flexibility index (Phi) is 8.73. The summed E-state index contributed by atoms with van der Waals surface area (Å²) in [6.45, 7) is 0.364. The van der Waals surface area contributed by atoms with E-state index in [1.165, 1.54) is 4.90 Å². The van der Waals surface area contributed by atoms with Crippen molar-refractivity contribution < 1.29 is 29.4 Å². The molecule has 3 N–H and O–H groups in total. The Morgan fingerprint density at radius 3 is 2.10 bits per heavy atom. The van der Waals surface area contributed by atoms with E-state index in [1.54, 1.807) is 7.05 Å². The SMILES string of the molecule is CN(CCCC(=O)O)C(=O)CCC(=O)NCCC(=O)O. The van der Waals surface area contributed by atoms with Crippen LogP contribution in [0.25, 0.3) is 0 Å². The van der Waals surface area contributed by atoms with Gasteiger partial charge in [-0.05, 0) is 6.42 Å². The second-order valence-electron chi connectivity index (χ2n) is 4.31. The molecule has 8 heteroatoms. The summed E-state index contributed by atoms with van der Waals surface area (Å²) < 4.78 is 0. The lowest BCUT2D eigenvalue weighted by Crippen LogP contribution is -2.31. The molecular weight excluding hydrogens is 268 g/mol. The largest absolute Gasteiger partial charge is 0.481 e. The highest BCUT2D eigenvalue weighted by Gasteiger charge is 2.11. The number of hydrogen-bond donors (Lipinski definition) is 3. The number of carbonyl (C=O) groups is 4. The Morgan fingerprint density at radius 2 is 1.55 bits per heavy atom. The van der Waals surface area contributed by atoms with Crippen LogP contribution in [-0.2, 0) is 19.2 Å². The van der Waals surface area contributed by atoms with E-state index in [2.05, 4.69) is 5.32 Å². The van der Waals surface area contributed by atoms with Gasteiger partial charge in [0.25, 0.3) is 0 Å². The van der Waals surface area contributed by atoms with Crippen LogP contribution in [0.5, 0.6) is 0 Å². The van der Waals surface area contributed by atoms with Crippen LogP contribution in [0.4, 0.5) is 0 Å². The molecule has 0 saturated carbocycles. The van der Waals surface area contributed by atoms with Gasteiger partial charge in [-0.1, -0.05) is 0 Å². The van der Waals surface area contributed by atoms with Gasteiger partial charge in [0.1, 0.15) is 0 Å². The van der Waals surface area contributed by atoms with E-state index >= 15 is 0 Å². The van der Waals surface area contributed by atoms with Crippen molar-refractivity contribution in [1.82, 2.24) is 10.2 Å². The number of carboxylic acid groups (broad SMARTS) is 2. The quantitative estimate of drug-likeness (QED) is 0.506. The van der Waals surface area contributed by atoms with E-state index < -0.39 is 11.9 Å². The molecule has 0 aromatic carbocycles. The van der Waals surface area contributed by atoms with E-state index in [0.717, 1.165) is 0 Å². The maximum absolute atomic E-state index is 11.6. The summed E-state index contributed by atoms with van der Waals surface area (Å²) in [5, 5.41) is 19.2. The molecule has 0 aliphatic rings. The minimum absolute atomic E-state index is 0.00665. The van der Waals surface area contributed by atoms with E-state index in [-0.39, 0.29) is 44.0 Å². The summed E-state index contributed by atoms with van der Waals surface area (Å²) in [5.74, 6) is -2.54. The van der Waals surface area contributed by atoms with Crippen LogP contribution in [0, 0.1) is 0 Å². The average Bonchev–Trinajstić information content (AvgIpc) is 2.34. The molecular formula is C12H20N2O6. The smallest absolute Gasteiger partial charge is 0.305 e. The van der Waals surface area contributed by atoms with Gasteiger partial charge in [-0.15, -0.1) is 0 Å². The number of aliphatic carboxylic acids is 2. The summed E-state index contributed by atoms with van der Waals surface area (Å²) in [6.07, 6.45) is 0.203. The van der Waals surface area contributed by atoms with Crippen LogP contribution < -0.4 is 5.32 Å². The number of rotatable bonds is 10. The molecule has 0 rings (SSSR count). The zero-order chi connectivity index (χ0) is 15.5. The van der Waals surface area contributed by atoms with Gasteiger partial charge in [0.2, 0.25) is 11.8 Å². The van der Waals surface area contributed by atoms with Crippen molar-refractivity contribution in [3.8, 4) is 0 Å². The Bertz CT molecular complexity index is 369. The van der Waals surface area contributed by atoms with E-state index in [4.69, 9.17) is 10.2 Å². The highest BCUT2D eigenvalue weighted by Crippen LogP contribution is 1.99. The molecule has 0 aromatic heterocycles. The fourth-order valence-electron chi connectivity index (χ4n) is 1.40. The van der Waals surface area contributed by atoms with Gasteiger partial charge in [-0.25, -0.2) is 0 Å². The summed E-state index contributed by atoms with van der Waals surface area (Å²) in [6, 6.07) is 0. The Balaban J connectivity index is 3.76. The number of nitrogens with zero attached hydrogens (tertiary/aromatic N) is 1. The van der Waals surface area contributed by atoms with E-state index in [0.29, 0.717) is 13.0 Å². The van der Waals surface area contributed by atoms with Crippen LogP contribution in [0.15, 0.2) is 0 Å². The molecule has 0 heterocycles. The fraction of sp³-hybridized carbons (Fsp3) is 0.667. The van der Waals surface area contributed by atoms with Crippen molar-refractivity contribution in [2.24, 2.45) is 0 Å². The van der Waals surface area contributed by atoms with Crippen LogP contribution in [-0.4, -0.2) is 59.0 Å².